The van der Waals surface area contributed by atoms with Crippen LogP contribution < -0.4 is 5.32 Å². The molecule has 162 valence electrons. The first-order chi connectivity index (χ1) is 14.2. The third kappa shape index (κ3) is 6.07. The molecule has 9 nitrogen and oxygen atoms in total. The molecular weight excluding hydrogens is 392 g/mol. The summed E-state index contributed by atoms with van der Waals surface area (Å²) in [5, 5.41) is 2.83. The molecule has 30 heavy (non-hydrogen) atoms. The number of fused-ring (bicyclic) bond motifs is 1. The van der Waals surface area contributed by atoms with Crippen LogP contribution in [-0.2, 0) is 30.3 Å². The Morgan fingerprint density at radius 2 is 1.77 bits per heavy atom. The molecule has 0 aliphatic carbocycles. The topological polar surface area (TPSA) is 115 Å². The summed E-state index contributed by atoms with van der Waals surface area (Å²) >= 11 is 0. The minimum atomic E-state index is -0.879. The first-order valence-corrected chi connectivity index (χ1v) is 9.62. The Bertz CT molecular complexity index is 948. The molecule has 0 radical (unpaired) electrons. The lowest BCUT2D eigenvalue weighted by Gasteiger charge is -2.19. The summed E-state index contributed by atoms with van der Waals surface area (Å²) in [6, 6.07) is 3.85. The Hall–Kier alpha value is -3.36. The van der Waals surface area contributed by atoms with Gasteiger partial charge in [0.25, 0.3) is 5.91 Å². The minimum Gasteiger partial charge on any atom is -0.464 e. The van der Waals surface area contributed by atoms with Crippen molar-refractivity contribution in [3.05, 3.63) is 35.1 Å². The van der Waals surface area contributed by atoms with Crippen LogP contribution in [0.1, 0.15) is 30.5 Å². The Morgan fingerprint density at radius 3 is 2.43 bits per heavy atom. The molecule has 0 spiro atoms. The molecule has 1 heterocycles. The zero-order valence-electron chi connectivity index (χ0n) is 17.6. The number of rotatable bonds is 8. The quantitative estimate of drug-likeness (QED) is 0.654. The average molecular weight is 418 g/mol. The van der Waals surface area contributed by atoms with Crippen LogP contribution in [-0.4, -0.2) is 55.1 Å². The van der Waals surface area contributed by atoms with Crippen molar-refractivity contribution in [2.75, 3.05) is 26.3 Å². The molecule has 0 atom stereocenters. The zero-order chi connectivity index (χ0) is 22.3. The lowest BCUT2D eigenvalue weighted by atomic mass is 10.0. The lowest BCUT2D eigenvalue weighted by Crippen LogP contribution is -2.44. The third-order valence-corrected chi connectivity index (χ3v) is 4.55. The highest BCUT2D eigenvalue weighted by atomic mass is 16.5. The van der Waals surface area contributed by atoms with Crippen molar-refractivity contribution >= 4 is 34.8 Å². The van der Waals surface area contributed by atoms with Crippen molar-refractivity contribution < 1.29 is 33.1 Å². The molecule has 0 saturated carbocycles. The number of esters is 1. The van der Waals surface area contributed by atoms with Crippen LogP contribution in [0.4, 0.5) is 4.79 Å². The smallest absolute Gasteiger partial charge is 0.413 e. The predicted octanol–water partition coefficient (Wildman–Crippen LogP) is 2.26. The molecule has 0 aliphatic rings. The van der Waals surface area contributed by atoms with Gasteiger partial charge in [-0.3, -0.25) is 19.7 Å². The summed E-state index contributed by atoms with van der Waals surface area (Å²) in [5.74, 6) is -1.82. The van der Waals surface area contributed by atoms with Crippen molar-refractivity contribution in [3.8, 4) is 0 Å². The molecule has 9 heteroatoms. The van der Waals surface area contributed by atoms with Gasteiger partial charge in [-0.15, -0.1) is 0 Å². The fourth-order valence-corrected chi connectivity index (χ4v) is 2.78. The number of benzene rings is 1. The van der Waals surface area contributed by atoms with E-state index in [0.717, 1.165) is 16.5 Å². The summed E-state index contributed by atoms with van der Waals surface area (Å²) in [5.41, 5.74) is 3.52. The normalized spacial score (nSPS) is 10.5. The molecule has 0 bridgehead atoms. The molecule has 0 saturated heterocycles. The molecule has 3 amide bonds. The largest absolute Gasteiger partial charge is 0.464 e. The highest BCUT2D eigenvalue weighted by Crippen LogP contribution is 2.25. The highest BCUT2D eigenvalue weighted by Gasteiger charge is 2.20. The second kappa shape index (κ2) is 10.4. The number of imide groups is 1. The van der Waals surface area contributed by atoms with E-state index in [2.05, 4.69) is 4.74 Å². The third-order valence-electron chi connectivity index (χ3n) is 4.55. The Kier molecular flexibility index (Phi) is 7.97. The van der Waals surface area contributed by atoms with Gasteiger partial charge >= 0.3 is 12.1 Å². The van der Waals surface area contributed by atoms with E-state index in [1.165, 1.54) is 11.2 Å². The van der Waals surface area contributed by atoms with Gasteiger partial charge in [-0.2, -0.15) is 0 Å². The number of furan rings is 1. The number of likely N-dealkylation sites (N-methyl/N-ethyl adjacent to an activating group) is 1. The molecular formula is C21H26N2O7. The maximum absolute atomic E-state index is 12.3. The summed E-state index contributed by atoms with van der Waals surface area (Å²) in [6.07, 6.45) is 0.582. The van der Waals surface area contributed by atoms with Gasteiger partial charge in [0.2, 0.25) is 5.91 Å². The molecule has 1 aromatic heterocycles. The summed E-state index contributed by atoms with van der Waals surface area (Å²) in [6.45, 7) is 6.69. The number of aryl methyl sites for hydroxylation is 2. The van der Waals surface area contributed by atoms with E-state index < -0.39 is 30.5 Å². The standard InChI is InChI=1S/C21H26N2O7/c1-5-23(10-18(24)22-21(27)28-6-2)19(25)12-30-20(26)9-15-11-29-17-8-14(4)13(3)7-16(15)17/h7-8,11H,5-6,9-10,12H2,1-4H3,(H,22,24,27). The summed E-state index contributed by atoms with van der Waals surface area (Å²) in [4.78, 5) is 48.7. The molecule has 0 fully saturated rings. The number of carbonyl (C=O) groups is 4. The predicted molar refractivity (Wildman–Crippen MR) is 108 cm³/mol. The van der Waals surface area contributed by atoms with E-state index in [1.807, 2.05) is 31.3 Å². The van der Waals surface area contributed by atoms with Gasteiger partial charge < -0.3 is 18.8 Å². The van der Waals surface area contributed by atoms with Gasteiger partial charge in [0.15, 0.2) is 6.61 Å². The maximum Gasteiger partial charge on any atom is 0.413 e. The molecule has 0 unspecified atom stereocenters. The van der Waals surface area contributed by atoms with Crippen LogP contribution in [0.2, 0.25) is 0 Å². The highest BCUT2D eigenvalue weighted by molar-refractivity contribution is 5.95. The van der Waals surface area contributed by atoms with Gasteiger partial charge in [-0.25, -0.2) is 4.79 Å². The van der Waals surface area contributed by atoms with Crippen LogP contribution >= 0.6 is 0 Å². The van der Waals surface area contributed by atoms with Crippen molar-refractivity contribution in [1.29, 1.82) is 0 Å². The molecule has 1 N–H and O–H groups in total. The van der Waals surface area contributed by atoms with E-state index in [0.29, 0.717) is 11.1 Å². The van der Waals surface area contributed by atoms with E-state index >= 15 is 0 Å². The fraction of sp³-hybridized carbons (Fsp3) is 0.429. The van der Waals surface area contributed by atoms with Crippen molar-refractivity contribution in [1.82, 2.24) is 10.2 Å². The van der Waals surface area contributed by atoms with E-state index in [1.54, 1.807) is 13.8 Å². The van der Waals surface area contributed by atoms with Crippen molar-refractivity contribution in [2.24, 2.45) is 0 Å². The first kappa shape index (κ1) is 22.9. The van der Waals surface area contributed by atoms with Gasteiger partial charge in [0.05, 0.1) is 19.3 Å². The fourth-order valence-electron chi connectivity index (χ4n) is 2.78. The van der Waals surface area contributed by atoms with Gasteiger partial charge in [-0.1, -0.05) is 0 Å². The number of hydrogen-bond acceptors (Lipinski definition) is 7. The number of carbonyl (C=O) groups excluding carboxylic acids is 4. The Labute approximate surface area is 174 Å². The minimum absolute atomic E-state index is 0.0434. The average Bonchev–Trinajstić information content (AvgIpc) is 3.06. The van der Waals surface area contributed by atoms with E-state index in [4.69, 9.17) is 9.15 Å². The second-order valence-electron chi connectivity index (χ2n) is 6.71. The van der Waals surface area contributed by atoms with Crippen molar-refractivity contribution in [2.45, 2.75) is 34.1 Å². The van der Waals surface area contributed by atoms with Crippen molar-refractivity contribution in [3.63, 3.8) is 0 Å². The summed E-state index contributed by atoms with van der Waals surface area (Å²) < 4.78 is 15.2. The number of hydrogen-bond donors (Lipinski definition) is 1. The number of amides is 3. The number of nitrogens with one attached hydrogen (secondary N) is 1. The van der Waals surface area contributed by atoms with E-state index in [-0.39, 0.29) is 26.1 Å². The number of alkyl carbamates (subject to hydrolysis) is 1. The zero-order valence-corrected chi connectivity index (χ0v) is 17.6. The monoisotopic (exact) mass is 418 g/mol. The van der Waals surface area contributed by atoms with Crippen LogP contribution in [0.3, 0.4) is 0 Å². The second-order valence-corrected chi connectivity index (χ2v) is 6.71. The van der Waals surface area contributed by atoms with Crippen LogP contribution in [0, 0.1) is 13.8 Å². The first-order valence-electron chi connectivity index (χ1n) is 9.62. The number of ether oxygens (including phenoxy) is 2. The van der Waals surface area contributed by atoms with Crippen LogP contribution in [0.5, 0.6) is 0 Å². The maximum atomic E-state index is 12.3. The number of nitrogens with zero attached hydrogens (tertiary/aromatic N) is 1. The lowest BCUT2D eigenvalue weighted by molar-refractivity contribution is -0.151. The van der Waals surface area contributed by atoms with Gasteiger partial charge in [0.1, 0.15) is 12.1 Å². The Morgan fingerprint density at radius 1 is 1.07 bits per heavy atom. The van der Waals surface area contributed by atoms with E-state index in [9.17, 15) is 19.2 Å². The van der Waals surface area contributed by atoms with Crippen LogP contribution in [0.25, 0.3) is 11.0 Å². The molecule has 0 aliphatic heterocycles. The molecule has 1 aromatic carbocycles. The van der Waals surface area contributed by atoms with Crippen LogP contribution in [0.15, 0.2) is 22.8 Å². The Balaban J connectivity index is 1.88. The molecule has 2 rings (SSSR count). The van der Waals surface area contributed by atoms with Gasteiger partial charge in [0, 0.05) is 17.5 Å². The molecule has 2 aromatic rings. The van der Waals surface area contributed by atoms with Gasteiger partial charge in [-0.05, 0) is 51.0 Å². The summed E-state index contributed by atoms with van der Waals surface area (Å²) in [7, 11) is 0. The SMILES string of the molecule is CCOC(=O)NC(=O)CN(CC)C(=O)COC(=O)Cc1coc2cc(C)c(C)cc12.